The molecular formula is C23H23ClN2O4S. The largest absolute Gasteiger partial charge is 0.490 e. The van der Waals surface area contributed by atoms with Crippen LogP contribution in [0.3, 0.4) is 0 Å². The highest BCUT2D eigenvalue weighted by Gasteiger charge is 2.20. The van der Waals surface area contributed by atoms with E-state index in [1.165, 1.54) is 6.07 Å². The van der Waals surface area contributed by atoms with Gasteiger partial charge in [-0.25, -0.2) is 8.42 Å². The first-order valence-corrected chi connectivity index (χ1v) is 11.5. The number of rotatable bonds is 8. The van der Waals surface area contributed by atoms with Gasteiger partial charge in [0.25, 0.3) is 15.9 Å². The molecule has 0 spiro atoms. The topological polar surface area (TPSA) is 84.5 Å². The Morgan fingerprint density at radius 3 is 2.42 bits per heavy atom. The van der Waals surface area contributed by atoms with Crippen LogP contribution in [0.5, 0.6) is 5.75 Å². The standard InChI is InChI=1S/C23H23ClN2O4S/c1-16-7-3-5-9-20(16)26-31(28,29)22-15-18(12-11-17(22)2)23(27)25-13-14-30-21-10-6-4-8-19(21)24/h3-12,15,26H,13-14H2,1-2H3,(H,25,27). The molecule has 8 heteroatoms. The van der Waals surface area contributed by atoms with Gasteiger partial charge in [-0.2, -0.15) is 0 Å². The number of ether oxygens (including phenoxy) is 1. The van der Waals surface area contributed by atoms with Gasteiger partial charge in [0.15, 0.2) is 0 Å². The fraction of sp³-hybridized carbons (Fsp3) is 0.174. The summed E-state index contributed by atoms with van der Waals surface area (Å²) in [5.74, 6) is 0.138. The van der Waals surface area contributed by atoms with Gasteiger partial charge >= 0.3 is 0 Å². The number of aryl methyl sites for hydroxylation is 2. The molecule has 6 nitrogen and oxygen atoms in total. The molecule has 31 heavy (non-hydrogen) atoms. The fourth-order valence-corrected chi connectivity index (χ4v) is 4.50. The highest BCUT2D eigenvalue weighted by molar-refractivity contribution is 7.92. The fourth-order valence-electron chi connectivity index (χ4n) is 2.91. The van der Waals surface area contributed by atoms with Crippen molar-refractivity contribution in [3.63, 3.8) is 0 Å². The molecule has 3 aromatic carbocycles. The van der Waals surface area contributed by atoms with Crippen LogP contribution in [0.25, 0.3) is 0 Å². The molecule has 3 aromatic rings. The van der Waals surface area contributed by atoms with E-state index in [1.807, 2.05) is 19.1 Å². The second-order valence-electron chi connectivity index (χ2n) is 6.94. The van der Waals surface area contributed by atoms with Crippen LogP contribution in [0, 0.1) is 13.8 Å². The second-order valence-corrected chi connectivity index (χ2v) is 8.99. The molecule has 0 aromatic heterocycles. The second kappa shape index (κ2) is 9.85. The van der Waals surface area contributed by atoms with E-state index in [9.17, 15) is 13.2 Å². The summed E-state index contributed by atoms with van der Waals surface area (Å²) in [5, 5.41) is 3.21. The summed E-state index contributed by atoms with van der Waals surface area (Å²) < 4.78 is 34.0. The number of benzene rings is 3. The van der Waals surface area contributed by atoms with Crippen molar-refractivity contribution in [2.75, 3.05) is 17.9 Å². The number of anilines is 1. The Balaban J connectivity index is 1.67. The molecule has 0 fully saturated rings. The van der Waals surface area contributed by atoms with E-state index in [0.717, 1.165) is 5.56 Å². The summed E-state index contributed by atoms with van der Waals surface area (Å²) in [5.41, 5.74) is 2.08. The van der Waals surface area contributed by atoms with Gasteiger partial charge in [0.1, 0.15) is 12.4 Å². The molecule has 0 bridgehead atoms. The third-order valence-corrected chi connectivity index (χ3v) is 6.43. The zero-order valence-electron chi connectivity index (χ0n) is 17.2. The van der Waals surface area contributed by atoms with Crippen molar-refractivity contribution in [2.45, 2.75) is 18.7 Å². The summed E-state index contributed by atoms with van der Waals surface area (Å²) in [6.07, 6.45) is 0. The number of hydrogen-bond acceptors (Lipinski definition) is 4. The molecular weight excluding hydrogens is 436 g/mol. The maximum Gasteiger partial charge on any atom is 0.262 e. The maximum atomic E-state index is 12.9. The molecule has 0 aliphatic rings. The van der Waals surface area contributed by atoms with Crippen LogP contribution in [0.1, 0.15) is 21.5 Å². The van der Waals surface area contributed by atoms with Gasteiger partial charge in [0, 0.05) is 5.56 Å². The van der Waals surface area contributed by atoms with Gasteiger partial charge in [-0.05, 0) is 55.3 Å². The lowest BCUT2D eigenvalue weighted by atomic mass is 10.1. The van der Waals surface area contributed by atoms with Crippen LogP contribution in [0.15, 0.2) is 71.6 Å². The third kappa shape index (κ3) is 5.77. The molecule has 3 rings (SSSR count). The number of hydrogen-bond donors (Lipinski definition) is 2. The molecule has 162 valence electrons. The minimum absolute atomic E-state index is 0.0516. The average Bonchev–Trinajstić information content (AvgIpc) is 2.74. The Kier molecular flexibility index (Phi) is 7.20. The van der Waals surface area contributed by atoms with Gasteiger partial charge in [-0.1, -0.05) is 48.0 Å². The predicted molar refractivity (Wildman–Crippen MR) is 122 cm³/mol. The van der Waals surface area contributed by atoms with Gasteiger partial charge < -0.3 is 10.1 Å². The number of sulfonamides is 1. The lowest BCUT2D eigenvalue weighted by Gasteiger charge is -2.14. The van der Waals surface area contributed by atoms with Crippen LogP contribution < -0.4 is 14.8 Å². The Morgan fingerprint density at radius 1 is 0.968 bits per heavy atom. The maximum absolute atomic E-state index is 12.9. The number of carbonyl (C=O) groups excluding carboxylic acids is 1. The van der Waals surface area contributed by atoms with E-state index >= 15 is 0 Å². The lowest BCUT2D eigenvalue weighted by Crippen LogP contribution is -2.28. The Morgan fingerprint density at radius 2 is 1.68 bits per heavy atom. The van der Waals surface area contributed by atoms with Gasteiger partial charge in [-0.3, -0.25) is 9.52 Å². The highest BCUT2D eigenvalue weighted by Crippen LogP contribution is 2.24. The van der Waals surface area contributed by atoms with Crippen molar-refractivity contribution in [2.24, 2.45) is 0 Å². The first-order chi connectivity index (χ1) is 14.8. The quantitative estimate of drug-likeness (QED) is 0.484. The molecule has 0 radical (unpaired) electrons. The number of amides is 1. The smallest absolute Gasteiger partial charge is 0.262 e. The minimum Gasteiger partial charge on any atom is -0.490 e. The van der Waals surface area contributed by atoms with Crippen molar-refractivity contribution in [1.82, 2.24) is 5.32 Å². The Hall–Kier alpha value is -3.03. The van der Waals surface area contributed by atoms with Gasteiger partial charge in [-0.15, -0.1) is 0 Å². The molecule has 0 saturated heterocycles. The van der Waals surface area contributed by atoms with E-state index in [-0.39, 0.29) is 23.6 Å². The predicted octanol–water partition coefficient (Wildman–Crippen LogP) is 4.57. The first-order valence-electron chi connectivity index (χ1n) is 9.62. The summed E-state index contributed by atoms with van der Waals surface area (Å²) in [6, 6.07) is 18.7. The molecule has 0 saturated carbocycles. The summed E-state index contributed by atoms with van der Waals surface area (Å²) >= 11 is 6.03. The normalized spacial score (nSPS) is 11.1. The van der Waals surface area contributed by atoms with Crippen LogP contribution >= 0.6 is 11.6 Å². The Labute approximate surface area is 187 Å². The molecule has 0 aliphatic carbocycles. The van der Waals surface area contributed by atoms with E-state index in [1.54, 1.807) is 55.5 Å². The molecule has 2 N–H and O–H groups in total. The summed E-state index contributed by atoms with van der Waals surface area (Å²) in [4.78, 5) is 12.6. The molecule has 0 unspecified atom stereocenters. The zero-order chi connectivity index (χ0) is 22.4. The Bertz CT molecular complexity index is 1200. The highest BCUT2D eigenvalue weighted by atomic mass is 35.5. The van der Waals surface area contributed by atoms with Gasteiger partial charge in [0.05, 0.1) is 22.2 Å². The molecule has 1 amide bonds. The van der Waals surface area contributed by atoms with Crippen LogP contribution in [0.4, 0.5) is 5.69 Å². The number of nitrogens with one attached hydrogen (secondary N) is 2. The van der Waals surface area contributed by atoms with E-state index in [4.69, 9.17) is 16.3 Å². The van der Waals surface area contributed by atoms with E-state index in [0.29, 0.717) is 22.0 Å². The molecule has 0 aliphatic heterocycles. The van der Waals surface area contributed by atoms with E-state index in [2.05, 4.69) is 10.0 Å². The average molecular weight is 459 g/mol. The zero-order valence-corrected chi connectivity index (χ0v) is 18.8. The van der Waals surface area contributed by atoms with Crippen molar-refractivity contribution < 1.29 is 17.9 Å². The summed E-state index contributed by atoms with van der Waals surface area (Å²) in [7, 11) is -3.86. The monoisotopic (exact) mass is 458 g/mol. The van der Waals surface area contributed by atoms with E-state index < -0.39 is 15.9 Å². The number of para-hydroxylation sites is 2. The van der Waals surface area contributed by atoms with Gasteiger partial charge in [0.2, 0.25) is 0 Å². The SMILES string of the molecule is Cc1ccccc1NS(=O)(=O)c1cc(C(=O)NCCOc2ccccc2Cl)ccc1C. The van der Waals surface area contributed by atoms with Crippen molar-refractivity contribution >= 4 is 33.2 Å². The van der Waals surface area contributed by atoms with Crippen LogP contribution in [-0.2, 0) is 10.0 Å². The van der Waals surface area contributed by atoms with Crippen molar-refractivity contribution in [3.05, 3.63) is 88.4 Å². The number of carbonyl (C=O) groups is 1. The molecule has 0 atom stereocenters. The van der Waals surface area contributed by atoms with Crippen LogP contribution in [0.2, 0.25) is 5.02 Å². The lowest BCUT2D eigenvalue weighted by molar-refractivity contribution is 0.0947. The van der Waals surface area contributed by atoms with Crippen LogP contribution in [-0.4, -0.2) is 27.5 Å². The van der Waals surface area contributed by atoms with Crippen molar-refractivity contribution in [3.8, 4) is 5.75 Å². The first kappa shape index (κ1) is 22.7. The van der Waals surface area contributed by atoms with Crippen molar-refractivity contribution in [1.29, 1.82) is 0 Å². The number of halogens is 1. The molecule has 0 heterocycles. The summed E-state index contributed by atoms with van der Waals surface area (Å²) in [6.45, 7) is 3.97. The minimum atomic E-state index is -3.86. The third-order valence-electron chi connectivity index (χ3n) is 4.61.